The zero-order valence-electron chi connectivity index (χ0n) is 8.29. The lowest BCUT2D eigenvalue weighted by Gasteiger charge is -2.03. The molecule has 14 heavy (non-hydrogen) atoms. The highest BCUT2D eigenvalue weighted by Crippen LogP contribution is 2.05. The minimum atomic E-state index is -0.183. The van der Waals surface area contributed by atoms with Crippen LogP contribution in [0, 0.1) is 0 Å². The van der Waals surface area contributed by atoms with Crippen molar-refractivity contribution < 1.29 is 9.53 Å². The van der Waals surface area contributed by atoms with Crippen molar-refractivity contribution >= 4 is 17.3 Å². The highest BCUT2D eigenvalue weighted by molar-refractivity contribution is 7.07. The molecule has 0 bridgehead atoms. The van der Waals surface area contributed by atoms with Crippen LogP contribution in [0.1, 0.15) is 12.5 Å². The Hall–Kier alpha value is -0.870. The van der Waals surface area contributed by atoms with Crippen molar-refractivity contribution in [2.24, 2.45) is 0 Å². The van der Waals surface area contributed by atoms with Crippen molar-refractivity contribution in [1.29, 1.82) is 0 Å². The predicted molar refractivity (Wildman–Crippen MR) is 57.5 cm³/mol. The Balaban J connectivity index is 2.02. The Morgan fingerprint density at radius 3 is 3.14 bits per heavy atom. The number of ether oxygens (including phenoxy) is 1. The van der Waals surface area contributed by atoms with Crippen LogP contribution in [0.25, 0.3) is 0 Å². The summed E-state index contributed by atoms with van der Waals surface area (Å²) >= 11 is 1.69. The van der Waals surface area contributed by atoms with Crippen LogP contribution >= 0.6 is 11.3 Å². The van der Waals surface area contributed by atoms with Gasteiger partial charge >= 0.3 is 5.97 Å². The van der Waals surface area contributed by atoms with Crippen LogP contribution in [0.2, 0.25) is 0 Å². The van der Waals surface area contributed by atoms with E-state index in [0.29, 0.717) is 13.2 Å². The van der Waals surface area contributed by atoms with E-state index in [1.165, 1.54) is 5.56 Å². The summed E-state index contributed by atoms with van der Waals surface area (Å²) in [5.74, 6) is -0.183. The van der Waals surface area contributed by atoms with Crippen molar-refractivity contribution in [2.45, 2.75) is 13.3 Å². The molecule has 0 aliphatic carbocycles. The lowest BCUT2D eigenvalue weighted by atomic mass is 10.2. The lowest BCUT2D eigenvalue weighted by molar-refractivity contribution is -0.141. The highest BCUT2D eigenvalue weighted by atomic mass is 32.1. The SMILES string of the molecule is CCOC(=O)CNCCc1ccsc1. The second-order valence-corrected chi connectivity index (χ2v) is 3.64. The van der Waals surface area contributed by atoms with Crippen molar-refractivity contribution in [3.8, 4) is 0 Å². The molecule has 1 N–H and O–H groups in total. The summed E-state index contributed by atoms with van der Waals surface area (Å²) in [5, 5.41) is 7.21. The Kier molecular flexibility index (Phi) is 5.25. The molecule has 0 saturated heterocycles. The third-order valence-corrected chi connectivity index (χ3v) is 2.48. The van der Waals surface area contributed by atoms with Crippen molar-refractivity contribution in [2.75, 3.05) is 19.7 Å². The maximum Gasteiger partial charge on any atom is 0.319 e. The summed E-state index contributed by atoms with van der Waals surface area (Å²) in [4.78, 5) is 10.9. The molecule has 78 valence electrons. The number of hydrogen-bond acceptors (Lipinski definition) is 4. The molecule has 0 radical (unpaired) electrons. The van der Waals surface area contributed by atoms with Crippen molar-refractivity contribution in [3.05, 3.63) is 22.4 Å². The maximum absolute atomic E-state index is 10.9. The van der Waals surface area contributed by atoms with E-state index in [1.807, 2.05) is 6.92 Å². The summed E-state index contributed by atoms with van der Waals surface area (Å²) in [5.41, 5.74) is 1.31. The van der Waals surface area contributed by atoms with Gasteiger partial charge < -0.3 is 10.1 Å². The fourth-order valence-corrected chi connectivity index (χ4v) is 1.77. The van der Waals surface area contributed by atoms with E-state index in [9.17, 15) is 4.79 Å². The lowest BCUT2D eigenvalue weighted by Crippen LogP contribution is -2.26. The van der Waals surface area contributed by atoms with E-state index in [0.717, 1.165) is 13.0 Å². The molecular weight excluding hydrogens is 198 g/mol. The molecule has 1 aromatic heterocycles. The highest BCUT2D eigenvalue weighted by Gasteiger charge is 1.99. The zero-order chi connectivity index (χ0) is 10.2. The van der Waals surface area contributed by atoms with Crippen LogP contribution in [0.15, 0.2) is 16.8 Å². The summed E-state index contributed by atoms with van der Waals surface area (Å²) in [6.45, 7) is 3.38. The fraction of sp³-hybridized carbons (Fsp3) is 0.500. The first kappa shape index (κ1) is 11.2. The largest absolute Gasteiger partial charge is 0.465 e. The van der Waals surface area contributed by atoms with E-state index in [1.54, 1.807) is 11.3 Å². The normalized spacial score (nSPS) is 10.1. The van der Waals surface area contributed by atoms with Gasteiger partial charge in [0.25, 0.3) is 0 Å². The number of rotatable bonds is 6. The minimum Gasteiger partial charge on any atom is -0.465 e. The molecular formula is C10H15NO2S. The van der Waals surface area contributed by atoms with Gasteiger partial charge in [0, 0.05) is 0 Å². The molecule has 0 amide bonds. The fourth-order valence-electron chi connectivity index (χ4n) is 1.07. The summed E-state index contributed by atoms with van der Waals surface area (Å²) in [6, 6.07) is 2.09. The van der Waals surface area contributed by atoms with Crippen LogP contribution in [-0.4, -0.2) is 25.7 Å². The first-order valence-corrected chi connectivity index (χ1v) is 5.64. The predicted octanol–water partition coefficient (Wildman–Crippen LogP) is 1.44. The Labute approximate surface area is 88.1 Å². The molecule has 1 rings (SSSR count). The molecule has 0 atom stereocenters. The van der Waals surface area contributed by atoms with Gasteiger partial charge in [-0.2, -0.15) is 11.3 Å². The van der Waals surface area contributed by atoms with Gasteiger partial charge in [0.15, 0.2) is 0 Å². The average molecular weight is 213 g/mol. The van der Waals surface area contributed by atoms with Crippen molar-refractivity contribution in [1.82, 2.24) is 5.32 Å². The monoisotopic (exact) mass is 213 g/mol. The molecule has 0 aromatic carbocycles. The number of nitrogens with one attached hydrogen (secondary N) is 1. The van der Waals surface area contributed by atoms with E-state index in [2.05, 4.69) is 22.1 Å². The third-order valence-electron chi connectivity index (χ3n) is 1.75. The van der Waals surface area contributed by atoms with E-state index < -0.39 is 0 Å². The van der Waals surface area contributed by atoms with Crippen LogP contribution < -0.4 is 5.32 Å². The quantitative estimate of drug-likeness (QED) is 0.574. The first-order valence-electron chi connectivity index (χ1n) is 4.70. The molecule has 0 spiro atoms. The Bertz CT molecular complexity index is 259. The molecule has 3 nitrogen and oxygen atoms in total. The third kappa shape index (κ3) is 4.39. The van der Waals surface area contributed by atoms with Gasteiger partial charge in [0.2, 0.25) is 0 Å². The maximum atomic E-state index is 10.9. The van der Waals surface area contributed by atoms with Crippen molar-refractivity contribution in [3.63, 3.8) is 0 Å². The Morgan fingerprint density at radius 2 is 2.50 bits per heavy atom. The summed E-state index contributed by atoms with van der Waals surface area (Å²) in [6.07, 6.45) is 0.961. The molecule has 1 heterocycles. The smallest absolute Gasteiger partial charge is 0.319 e. The average Bonchev–Trinajstić information content (AvgIpc) is 2.65. The molecule has 0 saturated carbocycles. The van der Waals surface area contributed by atoms with Gasteiger partial charge in [-0.15, -0.1) is 0 Å². The van der Waals surface area contributed by atoms with E-state index in [4.69, 9.17) is 4.74 Å². The standard InChI is InChI=1S/C10H15NO2S/c1-2-13-10(12)7-11-5-3-9-4-6-14-8-9/h4,6,8,11H,2-3,5,7H2,1H3. The molecule has 1 aromatic rings. The minimum absolute atomic E-state index is 0.183. The van der Waals surface area contributed by atoms with Gasteiger partial charge in [-0.05, 0) is 42.3 Å². The summed E-state index contributed by atoms with van der Waals surface area (Å²) in [7, 11) is 0. The molecule has 0 unspecified atom stereocenters. The van der Waals surface area contributed by atoms with Crippen LogP contribution in [0.3, 0.4) is 0 Å². The number of hydrogen-bond donors (Lipinski definition) is 1. The first-order chi connectivity index (χ1) is 6.83. The summed E-state index contributed by atoms with van der Waals surface area (Å²) < 4.78 is 4.78. The van der Waals surface area contributed by atoms with Gasteiger partial charge in [0.1, 0.15) is 0 Å². The van der Waals surface area contributed by atoms with Crippen LogP contribution in [0.5, 0.6) is 0 Å². The van der Waals surface area contributed by atoms with E-state index >= 15 is 0 Å². The van der Waals surface area contributed by atoms with Crippen LogP contribution in [0.4, 0.5) is 0 Å². The number of carbonyl (C=O) groups is 1. The van der Waals surface area contributed by atoms with Crippen LogP contribution in [-0.2, 0) is 16.0 Å². The zero-order valence-corrected chi connectivity index (χ0v) is 9.10. The van der Waals surface area contributed by atoms with Gasteiger partial charge in [-0.1, -0.05) is 0 Å². The molecule has 0 aliphatic heterocycles. The van der Waals surface area contributed by atoms with Gasteiger partial charge in [-0.25, -0.2) is 0 Å². The Morgan fingerprint density at radius 1 is 1.64 bits per heavy atom. The molecule has 0 aliphatic rings. The van der Waals surface area contributed by atoms with E-state index in [-0.39, 0.29) is 5.97 Å². The topological polar surface area (TPSA) is 38.3 Å². The van der Waals surface area contributed by atoms with Gasteiger partial charge in [0.05, 0.1) is 13.2 Å². The number of thiophene rings is 1. The van der Waals surface area contributed by atoms with Gasteiger partial charge in [-0.3, -0.25) is 4.79 Å². The molecule has 0 fully saturated rings. The number of esters is 1. The second kappa shape index (κ2) is 6.56. The molecule has 4 heteroatoms. The number of carbonyl (C=O) groups excluding carboxylic acids is 1. The second-order valence-electron chi connectivity index (χ2n) is 2.86.